The van der Waals surface area contributed by atoms with Gasteiger partial charge in [0.25, 0.3) is 0 Å². The number of rotatable bonds is 3. The molecule has 18 heavy (non-hydrogen) atoms. The number of piperidine rings is 1. The summed E-state index contributed by atoms with van der Waals surface area (Å²) >= 11 is 5.90. The van der Waals surface area contributed by atoms with Crippen molar-refractivity contribution in [2.45, 2.75) is 31.7 Å². The molecule has 0 spiro atoms. The number of nitrogens with zero attached hydrogens (tertiary/aromatic N) is 4. The maximum absolute atomic E-state index is 9.09. The summed E-state index contributed by atoms with van der Waals surface area (Å²) in [5, 5.41) is 18.0. The molecular formula is C12H15ClN4O. The zero-order chi connectivity index (χ0) is 13.0. The second-order valence-electron chi connectivity index (χ2n) is 4.33. The SMILES string of the molecule is N#Cc1ncc(N2CCCCC2CCO)nc1Cl. The minimum atomic E-state index is 0.142. The van der Waals surface area contributed by atoms with Crippen LogP contribution in [0, 0.1) is 11.3 Å². The molecular weight excluding hydrogens is 252 g/mol. The number of hydrogen-bond donors (Lipinski definition) is 1. The fourth-order valence-electron chi connectivity index (χ4n) is 2.32. The van der Waals surface area contributed by atoms with Crippen LogP contribution >= 0.6 is 11.6 Å². The van der Waals surface area contributed by atoms with Crippen molar-refractivity contribution in [1.29, 1.82) is 5.26 Å². The van der Waals surface area contributed by atoms with Crippen LogP contribution in [0.4, 0.5) is 5.82 Å². The summed E-state index contributed by atoms with van der Waals surface area (Å²) in [6.07, 6.45) is 5.61. The highest BCUT2D eigenvalue weighted by Crippen LogP contribution is 2.26. The molecule has 0 saturated carbocycles. The van der Waals surface area contributed by atoms with Crippen molar-refractivity contribution in [3.63, 3.8) is 0 Å². The Morgan fingerprint density at radius 1 is 1.56 bits per heavy atom. The molecule has 1 N–H and O–H groups in total. The van der Waals surface area contributed by atoms with Gasteiger partial charge in [-0.05, 0) is 25.7 Å². The van der Waals surface area contributed by atoms with Crippen LogP contribution in [0.1, 0.15) is 31.4 Å². The van der Waals surface area contributed by atoms with E-state index >= 15 is 0 Å². The minimum absolute atomic E-state index is 0.142. The van der Waals surface area contributed by atoms with E-state index in [1.54, 1.807) is 6.20 Å². The van der Waals surface area contributed by atoms with E-state index in [1.165, 1.54) is 6.42 Å². The van der Waals surface area contributed by atoms with Crippen LogP contribution in [0.15, 0.2) is 6.20 Å². The lowest BCUT2D eigenvalue weighted by Crippen LogP contribution is -2.40. The number of hydrogen-bond acceptors (Lipinski definition) is 5. The Bertz CT molecular complexity index is 458. The molecule has 1 aliphatic rings. The first-order valence-corrected chi connectivity index (χ1v) is 6.44. The maximum atomic E-state index is 9.09. The third kappa shape index (κ3) is 2.71. The topological polar surface area (TPSA) is 73.0 Å². The minimum Gasteiger partial charge on any atom is -0.396 e. The number of halogens is 1. The van der Waals surface area contributed by atoms with Gasteiger partial charge in [-0.15, -0.1) is 0 Å². The predicted octanol–water partition coefficient (Wildman–Crippen LogP) is 1.74. The van der Waals surface area contributed by atoms with Crippen molar-refractivity contribution in [3.8, 4) is 6.07 Å². The molecule has 96 valence electrons. The lowest BCUT2D eigenvalue weighted by Gasteiger charge is -2.36. The van der Waals surface area contributed by atoms with Gasteiger partial charge in [0.2, 0.25) is 0 Å². The van der Waals surface area contributed by atoms with E-state index in [9.17, 15) is 0 Å². The van der Waals surface area contributed by atoms with E-state index in [0.717, 1.165) is 25.8 Å². The fraction of sp³-hybridized carbons (Fsp3) is 0.583. The van der Waals surface area contributed by atoms with Gasteiger partial charge >= 0.3 is 0 Å². The van der Waals surface area contributed by atoms with Gasteiger partial charge in [-0.2, -0.15) is 5.26 Å². The highest BCUT2D eigenvalue weighted by molar-refractivity contribution is 6.30. The summed E-state index contributed by atoms with van der Waals surface area (Å²) in [6, 6.07) is 2.18. The molecule has 0 aromatic carbocycles. The molecule has 1 aliphatic heterocycles. The summed E-state index contributed by atoms with van der Waals surface area (Å²) in [5.74, 6) is 0.692. The number of aliphatic hydroxyl groups excluding tert-OH is 1. The van der Waals surface area contributed by atoms with Gasteiger partial charge in [-0.25, -0.2) is 9.97 Å². The molecule has 6 heteroatoms. The Morgan fingerprint density at radius 3 is 3.06 bits per heavy atom. The third-order valence-corrected chi connectivity index (χ3v) is 3.47. The molecule has 1 unspecified atom stereocenters. The number of anilines is 1. The highest BCUT2D eigenvalue weighted by Gasteiger charge is 2.23. The average Bonchev–Trinajstić information content (AvgIpc) is 2.40. The first-order chi connectivity index (χ1) is 8.76. The van der Waals surface area contributed by atoms with Gasteiger partial charge in [0.1, 0.15) is 11.9 Å². The first-order valence-electron chi connectivity index (χ1n) is 6.06. The number of nitriles is 1. The average molecular weight is 267 g/mol. The second-order valence-corrected chi connectivity index (χ2v) is 4.69. The summed E-state index contributed by atoms with van der Waals surface area (Å²) in [4.78, 5) is 10.4. The lowest BCUT2D eigenvalue weighted by molar-refractivity contribution is 0.262. The molecule has 1 aromatic rings. The van der Waals surface area contributed by atoms with Crippen LogP contribution in [0.5, 0.6) is 0 Å². The van der Waals surface area contributed by atoms with Crippen LogP contribution in [0.2, 0.25) is 5.15 Å². The van der Waals surface area contributed by atoms with E-state index in [1.807, 2.05) is 6.07 Å². The predicted molar refractivity (Wildman–Crippen MR) is 68.4 cm³/mol. The molecule has 1 aromatic heterocycles. The number of aromatic nitrogens is 2. The summed E-state index contributed by atoms with van der Waals surface area (Å²) in [5.41, 5.74) is 0.149. The zero-order valence-electron chi connectivity index (χ0n) is 10.0. The zero-order valence-corrected chi connectivity index (χ0v) is 10.8. The van der Waals surface area contributed by atoms with E-state index in [-0.39, 0.29) is 23.5 Å². The van der Waals surface area contributed by atoms with Crippen molar-refractivity contribution in [2.75, 3.05) is 18.1 Å². The molecule has 0 radical (unpaired) electrons. The van der Waals surface area contributed by atoms with Crippen LogP contribution in [-0.4, -0.2) is 34.3 Å². The van der Waals surface area contributed by atoms with Gasteiger partial charge in [0.05, 0.1) is 6.20 Å². The van der Waals surface area contributed by atoms with Crippen LogP contribution < -0.4 is 4.90 Å². The number of aliphatic hydroxyl groups is 1. The molecule has 0 bridgehead atoms. The van der Waals surface area contributed by atoms with E-state index in [0.29, 0.717) is 5.82 Å². The van der Waals surface area contributed by atoms with Gasteiger partial charge in [0.15, 0.2) is 10.8 Å². The smallest absolute Gasteiger partial charge is 0.178 e. The Morgan fingerprint density at radius 2 is 2.39 bits per heavy atom. The molecule has 2 heterocycles. The van der Waals surface area contributed by atoms with Gasteiger partial charge in [-0.1, -0.05) is 11.6 Å². The fourth-order valence-corrected chi connectivity index (χ4v) is 2.50. The van der Waals surface area contributed by atoms with Crippen molar-refractivity contribution in [1.82, 2.24) is 9.97 Å². The highest BCUT2D eigenvalue weighted by atomic mass is 35.5. The molecule has 5 nitrogen and oxygen atoms in total. The lowest BCUT2D eigenvalue weighted by atomic mass is 10.00. The van der Waals surface area contributed by atoms with Crippen LogP contribution in [-0.2, 0) is 0 Å². The summed E-state index contributed by atoms with van der Waals surface area (Å²) in [6.45, 7) is 1.06. The first kappa shape index (κ1) is 13.1. The monoisotopic (exact) mass is 266 g/mol. The Kier molecular flexibility index (Phi) is 4.34. The van der Waals surface area contributed by atoms with E-state index < -0.39 is 0 Å². The normalized spacial score (nSPS) is 19.6. The maximum Gasteiger partial charge on any atom is 0.178 e. The van der Waals surface area contributed by atoms with Crippen molar-refractivity contribution < 1.29 is 5.11 Å². The molecule has 1 atom stereocenters. The van der Waals surface area contributed by atoms with E-state index in [2.05, 4.69) is 14.9 Å². The molecule has 1 fully saturated rings. The molecule has 2 rings (SSSR count). The third-order valence-electron chi connectivity index (χ3n) is 3.21. The van der Waals surface area contributed by atoms with Crippen LogP contribution in [0.25, 0.3) is 0 Å². The molecule has 0 amide bonds. The van der Waals surface area contributed by atoms with Crippen molar-refractivity contribution in [3.05, 3.63) is 17.0 Å². The Balaban J connectivity index is 2.23. The molecule has 1 saturated heterocycles. The standard InChI is InChI=1S/C12H15ClN4O/c13-12-10(7-14)15-8-11(16-12)17-5-2-1-3-9(17)4-6-18/h8-9,18H,1-6H2. The van der Waals surface area contributed by atoms with Crippen molar-refractivity contribution in [2.24, 2.45) is 0 Å². The summed E-state index contributed by atoms with van der Waals surface area (Å²) < 4.78 is 0. The quantitative estimate of drug-likeness (QED) is 0.902. The van der Waals surface area contributed by atoms with E-state index in [4.69, 9.17) is 22.0 Å². The largest absolute Gasteiger partial charge is 0.396 e. The Labute approximate surface area is 111 Å². The van der Waals surface area contributed by atoms with Crippen LogP contribution in [0.3, 0.4) is 0 Å². The summed E-state index contributed by atoms with van der Waals surface area (Å²) in [7, 11) is 0. The van der Waals surface area contributed by atoms with Crippen molar-refractivity contribution >= 4 is 17.4 Å². The Hall–Kier alpha value is -1.38. The van der Waals surface area contributed by atoms with Gasteiger partial charge < -0.3 is 10.0 Å². The molecule has 0 aliphatic carbocycles. The van der Waals surface area contributed by atoms with Gasteiger partial charge in [0, 0.05) is 19.2 Å². The second kappa shape index (κ2) is 5.98. The van der Waals surface area contributed by atoms with Gasteiger partial charge in [-0.3, -0.25) is 0 Å².